The molecule has 2 aliphatic rings. The summed E-state index contributed by atoms with van der Waals surface area (Å²) in [6.07, 6.45) is 0. The van der Waals surface area contributed by atoms with Gasteiger partial charge in [0.1, 0.15) is 4.32 Å². The molecule has 0 radical (unpaired) electrons. The molecular formula is C12H6Cl2N2O2S2. The number of rotatable bonds is 0. The Labute approximate surface area is 134 Å². The van der Waals surface area contributed by atoms with Crippen molar-refractivity contribution in [3.8, 4) is 0 Å². The van der Waals surface area contributed by atoms with Gasteiger partial charge in [0.15, 0.2) is 0 Å². The van der Waals surface area contributed by atoms with E-state index in [0.29, 0.717) is 30.5 Å². The Bertz CT molecular complexity index is 730. The van der Waals surface area contributed by atoms with E-state index in [0.717, 1.165) is 11.8 Å². The number of hydrogen-bond donors (Lipinski definition) is 1. The maximum absolute atomic E-state index is 12.1. The first-order valence-electron chi connectivity index (χ1n) is 5.45. The number of fused-ring (bicyclic) bond motifs is 1. The number of thioether (sulfide) groups is 1. The third kappa shape index (κ3) is 1.95. The number of nitrogens with zero attached hydrogens (tertiary/aromatic N) is 1. The number of nitrogens with one attached hydrogen (secondary N) is 1. The SMILES string of the molecule is CN1C(=O)/C(=C2/C(=O)Nc3c(Cl)cc(Cl)cc32)SC1=S. The number of carbonyl (C=O) groups is 2. The van der Waals surface area contributed by atoms with Gasteiger partial charge < -0.3 is 5.32 Å². The van der Waals surface area contributed by atoms with Gasteiger partial charge in [-0.15, -0.1) is 0 Å². The van der Waals surface area contributed by atoms with E-state index in [1.807, 2.05) is 0 Å². The van der Waals surface area contributed by atoms with Crippen molar-refractivity contribution >= 4 is 74.6 Å². The van der Waals surface area contributed by atoms with Crippen LogP contribution >= 0.6 is 47.2 Å². The number of anilines is 1. The third-order valence-electron chi connectivity index (χ3n) is 2.98. The molecule has 0 unspecified atom stereocenters. The van der Waals surface area contributed by atoms with Crippen LogP contribution in [0, 0.1) is 0 Å². The minimum atomic E-state index is -0.377. The van der Waals surface area contributed by atoms with Gasteiger partial charge in [-0.25, -0.2) is 0 Å². The van der Waals surface area contributed by atoms with E-state index < -0.39 is 0 Å². The molecule has 1 N–H and O–H groups in total. The molecule has 1 fully saturated rings. The summed E-state index contributed by atoms with van der Waals surface area (Å²) < 4.78 is 0.409. The third-order valence-corrected chi connectivity index (χ3v) is 5.05. The fraction of sp³-hybridized carbons (Fsp3) is 0.0833. The predicted octanol–water partition coefficient (Wildman–Crippen LogP) is 3.15. The predicted molar refractivity (Wildman–Crippen MR) is 85.0 cm³/mol. The van der Waals surface area contributed by atoms with Crippen LogP contribution in [-0.2, 0) is 9.59 Å². The monoisotopic (exact) mass is 344 g/mol. The zero-order chi connectivity index (χ0) is 14.6. The minimum absolute atomic E-state index is 0.270. The number of halogens is 2. The van der Waals surface area contributed by atoms with Crippen molar-refractivity contribution in [3.63, 3.8) is 0 Å². The highest BCUT2D eigenvalue weighted by Gasteiger charge is 2.38. The molecule has 0 spiro atoms. The standard InChI is InChI=1S/C12H6Cl2N2O2S2/c1-16-11(18)9(20-12(16)19)7-5-2-4(13)3-6(14)8(5)15-10(7)17/h2-3H,1H3,(H,15,17)/b9-7-. The summed E-state index contributed by atoms with van der Waals surface area (Å²) in [6.45, 7) is 0. The average molecular weight is 345 g/mol. The Balaban J connectivity index is 2.26. The van der Waals surface area contributed by atoms with Crippen LogP contribution in [0.25, 0.3) is 5.57 Å². The first kappa shape index (κ1) is 13.9. The van der Waals surface area contributed by atoms with Gasteiger partial charge in [-0.2, -0.15) is 0 Å². The summed E-state index contributed by atoms with van der Waals surface area (Å²) in [4.78, 5) is 25.9. The van der Waals surface area contributed by atoms with E-state index in [2.05, 4.69) is 5.32 Å². The van der Waals surface area contributed by atoms with E-state index in [9.17, 15) is 9.59 Å². The molecule has 1 saturated heterocycles. The zero-order valence-electron chi connectivity index (χ0n) is 9.99. The first-order chi connectivity index (χ1) is 9.40. The lowest BCUT2D eigenvalue weighted by atomic mass is 10.1. The molecule has 8 heteroatoms. The summed E-state index contributed by atoms with van der Waals surface area (Å²) in [5.74, 6) is -0.674. The molecule has 4 nitrogen and oxygen atoms in total. The van der Waals surface area contributed by atoms with Gasteiger partial charge in [-0.05, 0) is 12.1 Å². The number of likely N-dealkylation sites (N-methyl/N-ethyl adjacent to an activating group) is 1. The summed E-state index contributed by atoms with van der Waals surface area (Å²) in [6, 6.07) is 3.15. The molecule has 0 aromatic heterocycles. The lowest BCUT2D eigenvalue weighted by molar-refractivity contribution is -0.121. The molecular weight excluding hydrogens is 339 g/mol. The van der Waals surface area contributed by atoms with Crippen molar-refractivity contribution in [3.05, 3.63) is 32.6 Å². The Hall–Kier alpha value is -1.08. The maximum Gasteiger partial charge on any atom is 0.266 e. The highest BCUT2D eigenvalue weighted by Crippen LogP contribution is 2.45. The Morgan fingerprint density at radius 3 is 2.60 bits per heavy atom. The number of amides is 2. The van der Waals surface area contributed by atoms with Gasteiger partial charge >= 0.3 is 0 Å². The lowest BCUT2D eigenvalue weighted by Crippen LogP contribution is -2.23. The fourth-order valence-electron chi connectivity index (χ4n) is 2.01. The Morgan fingerprint density at radius 2 is 2.00 bits per heavy atom. The molecule has 0 saturated carbocycles. The van der Waals surface area contributed by atoms with Crippen molar-refractivity contribution < 1.29 is 9.59 Å². The zero-order valence-corrected chi connectivity index (χ0v) is 13.1. The van der Waals surface area contributed by atoms with Gasteiger partial charge in [0.25, 0.3) is 11.8 Å². The largest absolute Gasteiger partial charge is 0.320 e. The highest BCUT2D eigenvalue weighted by molar-refractivity contribution is 8.26. The average Bonchev–Trinajstić information content (AvgIpc) is 2.82. The van der Waals surface area contributed by atoms with Crippen LogP contribution in [0.5, 0.6) is 0 Å². The van der Waals surface area contributed by atoms with E-state index in [1.54, 1.807) is 13.1 Å². The molecule has 102 valence electrons. The molecule has 2 aliphatic heterocycles. The molecule has 0 atom stereocenters. The normalized spacial score (nSPS) is 21.6. The molecule has 1 aromatic carbocycles. The van der Waals surface area contributed by atoms with E-state index in [-0.39, 0.29) is 17.4 Å². The second-order valence-electron chi connectivity index (χ2n) is 4.20. The molecule has 20 heavy (non-hydrogen) atoms. The van der Waals surface area contributed by atoms with Crippen molar-refractivity contribution in [1.29, 1.82) is 0 Å². The van der Waals surface area contributed by atoms with Crippen LogP contribution in [-0.4, -0.2) is 28.1 Å². The molecule has 1 aromatic rings. The summed E-state index contributed by atoms with van der Waals surface area (Å²) >= 11 is 18.2. The van der Waals surface area contributed by atoms with Crippen LogP contribution in [0.2, 0.25) is 10.0 Å². The minimum Gasteiger partial charge on any atom is -0.320 e. The van der Waals surface area contributed by atoms with Crippen LogP contribution in [0.3, 0.4) is 0 Å². The maximum atomic E-state index is 12.1. The highest BCUT2D eigenvalue weighted by atomic mass is 35.5. The molecule has 2 heterocycles. The Morgan fingerprint density at radius 1 is 1.30 bits per heavy atom. The van der Waals surface area contributed by atoms with Crippen molar-refractivity contribution in [2.75, 3.05) is 12.4 Å². The second kappa shape index (κ2) is 4.73. The molecule has 0 aliphatic carbocycles. The van der Waals surface area contributed by atoms with Crippen LogP contribution in [0.4, 0.5) is 5.69 Å². The van der Waals surface area contributed by atoms with Crippen molar-refractivity contribution in [2.45, 2.75) is 0 Å². The van der Waals surface area contributed by atoms with Crippen molar-refractivity contribution in [1.82, 2.24) is 4.90 Å². The van der Waals surface area contributed by atoms with Crippen LogP contribution in [0.15, 0.2) is 17.0 Å². The second-order valence-corrected chi connectivity index (χ2v) is 6.69. The summed E-state index contributed by atoms with van der Waals surface area (Å²) in [5.41, 5.74) is 1.27. The summed E-state index contributed by atoms with van der Waals surface area (Å²) in [7, 11) is 1.57. The van der Waals surface area contributed by atoms with Gasteiger partial charge in [0.05, 0.1) is 21.2 Å². The Kier molecular flexibility index (Phi) is 3.29. The van der Waals surface area contributed by atoms with Crippen molar-refractivity contribution in [2.24, 2.45) is 0 Å². The molecule has 3 rings (SSSR count). The quantitative estimate of drug-likeness (QED) is 0.580. The van der Waals surface area contributed by atoms with E-state index in [4.69, 9.17) is 35.4 Å². The smallest absolute Gasteiger partial charge is 0.266 e. The van der Waals surface area contributed by atoms with Crippen LogP contribution < -0.4 is 5.32 Å². The van der Waals surface area contributed by atoms with Gasteiger partial charge in [-0.1, -0.05) is 47.2 Å². The van der Waals surface area contributed by atoms with Gasteiger partial charge in [0, 0.05) is 17.6 Å². The van der Waals surface area contributed by atoms with Gasteiger partial charge in [0.2, 0.25) is 0 Å². The number of thiocarbonyl (C=S) groups is 1. The van der Waals surface area contributed by atoms with E-state index in [1.165, 1.54) is 11.0 Å². The topological polar surface area (TPSA) is 49.4 Å². The number of carbonyl (C=O) groups excluding carboxylic acids is 2. The lowest BCUT2D eigenvalue weighted by Gasteiger charge is -2.05. The molecule has 0 bridgehead atoms. The molecule has 2 amide bonds. The van der Waals surface area contributed by atoms with Gasteiger partial charge in [-0.3, -0.25) is 14.5 Å². The first-order valence-corrected chi connectivity index (χ1v) is 7.43. The number of hydrogen-bond acceptors (Lipinski definition) is 4. The summed E-state index contributed by atoms with van der Waals surface area (Å²) in [5, 5.41) is 3.39. The van der Waals surface area contributed by atoms with Crippen LogP contribution in [0.1, 0.15) is 5.56 Å². The fourth-order valence-corrected chi connectivity index (χ4v) is 3.81. The number of benzene rings is 1. The van der Waals surface area contributed by atoms with E-state index >= 15 is 0 Å².